The maximum Gasteiger partial charge on any atom is 0.119 e. The fraction of sp³-hybridized carbons (Fsp3) is 0.769. The van der Waals surface area contributed by atoms with Crippen LogP contribution in [0.3, 0.4) is 0 Å². The van der Waals surface area contributed by atoms with E-state index in [0.29, 0.717) is 5.75 Å². The molecule has 0 aromatic heterocycles. The zero-order valence-corrected chi connectivity index (χ0v) is 19.4. The van der Waals surface area contributed by atoms with Crippen molar-refractivity contribution >= 4 is 0 Å². The minimum absolute atomic E-state index is 0.0508. The van der Waals surface area contributed by atoms with Gasteiger partial charge in [0, 0.05) is 0 Å². The minimum Gasteiger partial charge on any atom is -0.508 e. The third-order valence-electron chi connectivity index (χ3n) is 5.63. The van der Waals surface area contributed by atoms with Gasteiger partial charge >= 0.3 is 0 Å². The molecule has 0 saturated carbocycles. The van der Waals surface area contributed by atoms with E-state index in [-0.39, 0.29) is 10.8 Å². The molecule has 0 bridgehead atoms. The summed E-state index contributed by atoms with van der Waals surface area (Å²) in [7, 11) is 0. The Morgan fingerprint density at radius 3 is 1.59 bits per heavy atom. The molecule has 1 rings (SSSR count). The summed E-state index contributed by atoms with van der Waals surface area (Å²) in [6.07, 6.45) is 14.5. The molecule has 1 nitrogen and oxygen atoms in total. The lowest BCUT2D eigenvalue weighted by Crippen LogP contribution is -2.24. The van der Waals surface area contributed by atoms with E-state index in [2.05, 4.69) is 54.5 Å². The van der Waals surface area contributed by atoms with Crippen molar-refractivity contribution in [3.8, 4) is 5.75 Å². The summed E-state index contributed by atoms with van der Waals surface area (Å²) in [6, 6.07) is 4.05. The number of unbranched alkanes of at least 4 members (excludes halogenated alkanes) is 9. The average Bonchev–Trinajstić information content (AvgIpc) is 2.55. The van der Waals surface area contributed by atoms with Crippen molar-refractivity contribution in [2.45, 2.75) is 130 Å². The van der Waals surface area contributed by atoms with E-state index < -0.39 is 0 Å². The first-order chi connectivity index (χ1) is 12.6. The van der Waals surface area contributed by atoms with Crippen molar-refractivity contribution in [1.82, 2.24) is 0 Å². The standard InChI is InChI=1S/C26H46O/c1-8-9-10-11-12-13-14-15-16-17-18-21-23(27)20-19-22(25(2,3)4)24(21)26(5,6)7/h19-20,27H,8-18H2,1-7H3. The Balaban J connectivity index is 2.60. The quantitative estimate of drug-likeness (QED) is 0.385. The van der Waals surface area contributed by atoms with Crippen LogP contribution in [0.1, 0.15) is 129 Å². The Hall–Kier alpha value is -0.980. The van der Waals surface area contributed by atoms with E-state index in [1.54, 1.807) is 0 Å². The molecule has 0 fully saturated rings. The molecule has 0 heterocycles. The summed E-state index contributed by atoms with van der Waals surface area (Å²) in [5, 5.41) is 10.6. The first-order valence-corrected chi connectivity index (χ1v) is 11.4. The number of phenolic OH excluding ortho intramolecular Hbond substituents is 1. The summed E-state index contributed by atoms with van der Waals surface area (Å²) >= 11 is 0. The van der Waals surface area contributed by atoms with Crippen LogP contribution in [0.2, 0.25) is 0 Å². The molecule has 0 atom stereocenters. The molecule has 1 aromatic rings. The van der Waals surface area contributed by atoms with Gasteiger partial charge in [-0.15, -0.1) is 0 Å². The average molecular weight is 375 g/mol. The van der Waals surface area contributed by atoms with Crippen LogP contribution in [0.4, 0.5) is 0 Å². The van der Waals surface area contributed by atoms with Crippen LogP contribution in [-0.2, 0) is 17.3 Å². The van der Waals surface area contributed by atoms with Crippen molar-refractivity contribution in [3.05, 3.63) is 28.8 Å². The SMILES string of the molecule is CCCCCCCCCCCCc1c(O)ccc(C(C)(C)C)c1C(C)(C)C. The topological polar surface area (TPSA) is 20.2 Å². The van der Waals surface area contributed by atoms with E-state index >= 15 is 0 Å². The molecule has 0 amide bonds. The van der Waals surface area contributed by atoms with Gasteiger partial charge in [0.1, 0.15) is 5.75 Å². The second kappa shape index (κ2) is 11.1. The van der Waals surface area contributed by atoms with Crippen LogP contribution in [0.25, 0.3) is 0 Å². The Morgan fingerprint density at radius 1 is 0.667 bits per heavy atom. The number of rotatable bonds is 11. The minimum atomic E-state index is 0.0508. The van der Waals surface area contributed by atoms with Gasteiger partial charge in [0.25, 0.3) is 0 Å². The normalized spacial score (nSPS) is 12.6. The molecule has 0 radical (unpaired) electrons. The van der Waals surface area contributed by atoms with Crippen molar-refractivity contribution in [1.29, 1.82) is 0 Å². The third kappa shape index (κ3) is 8.28. The molecule has 0 aliphatic carbocycles. The van der Waals surface area contributed by atoms with Crippen LogP contribution in [-0.4, -0.2) is 5.11 Å². The van der Waals surface area contributed by atoms with Gasteiger partial charge in [-0.25, -0.2) is 0 Å². The summed E-state index contributed by atoms with van der Waals surface area (Å²) in [5.74, 6) is 0.490. The van der Waals surface area contributed by atoms with Crippen LogP contribution in [0.5, 0.6) is 5.75 Å². The Morgan fingerprint density at radius 2 is 1.15 bits per heavy atom. The molecule has 0 spiro atoms. The summed E-state index contributed by atoms with van der Waals surface area (Å²) in [4.78, 5) is 0. The molecular weight excluding hydrogens is 328 g/mol. The van der Waals surface area contributed by atoms with Crippen molar-refractivity contribution in [3.63, 3.8) is 0 Å². The van der Waals surface area contributed by atoms with Crippen LogP contribution in [0.15, 0.2) is 12.1 Å². The number of aromatic hydroxyl groups is 1. The maximum atomic E-state index is 10.6. The van der Waals surface area contributed by atoms with Crippen LogP contribution in [0, 0.1) is 0 Å². The second-order valence-corrected chi connectivity index (χ2v) is 10.4. The number of benzene rings is 1. The lowest BCUT2D eigenvalue weighted by molar-refractivity contribution is 0.453. The highest BCUT2D eigenvalue weighted by Gasteiger charge is 2.28. The highest BCUT2D eigenvalue weighted by molar-refractivity contribution is 5.50. The number of phenols is 1. The lowest BCUT2D eigenvalue weighted by Gasteiger charge is -2.33. The molecule has 0 saturated heterocycles. The molecule has 1 aromatic carbocycles. The molecule has 0 aliphatic rings. The van der Waals surface area contributed by atoms with Crippen molar-refractivity contribution < 1.29 is 5.11 Å². The fourth-order valence-corrected chi connectivity index (χ4v) is 4.16. The first kappa shape index (κ1) is 24.1. The largest absolute Gasteiger partial charge is 0.508 e. The van der Waals surface area contributed by atoms with Gasteiger partial charge in [0.2, 0.25) is 0 Å². The summed E-state index contributed by atoms with van der Waals surface area (Å²) in [6.45, 7) is 15.9. The zero-order valence-electron chi connectivity index (χ0n) is 19.4. The van der Waals surface area contributed by atoms with Crippen LogP contribution < -0.4 is 0 Å². The van der Waals surface area contributed by atoms with Gasteiger partial charge in [0.05, 0.1) is 0 Å². The van der Waals surface area contributed by atoms with Crippen molar-refractivity contribution in [2.75, 3.05) is 0 Å². The summed E-state index contributed by atoms with van der Waals surface area (Å²) in [5.41, 5.74) is 4.09. The van der Waals surface area contributed by atoms with E-state index in [1.165, 1.54) is 80.9 Å². The molecule has 27 heavy (non-hydrogen) atoms. The highest BCUT2D eigenvalue weighted by Crippen LogP contribution is 2.40. The van der Waals surface area contributed by atoms with Gasteiger partial charge in [0.15, 0.2) is 0 Å². The monoisotopic (exact) mass is 374 g/mol. The Kier molecular flexibility index (Phi) is 9.91. The van der Waals surface area contributed by atoms with Crippen LogP contribution >= 0.6 is 0 Å². The molecule has 1 N–H and O–H groups in total. The predicted molar refractivity (Wildman–Crippen MR) is 121 cm³/mol. The van der Waals surface area contributed by atoms with Gasteiger partial charge in [-0.2, -0.15) is 0 Å². The van der Waals surface area contributed by atoms with Crippen molar-refractivity contribution in [2.24, 2.45) is 0 Å². The number of hydrogen-bond acceptors (Lipinski definition) is 1. The van der Waals surface area contributed by atoms with E-state index in [4.69, 9.17) is 0 Å². The fourth-order valence-electron chi connectivity index (χ4n) is 4.16. The Bertz CT molecular complexity index is 543. The molecular formula is C26H46O. The van der Waals surface area contributed by atoms with E-state index in [1.807, 2.05) is 6.07 Å². The second-order valence-electron chi connectivity index (χ2n) is 10.4. The van der Waals surface area contributed by atoms with Gasteiger partial charge < -0.3 is 5.11 Å². The van der Waals surface area contributed by atoms with E-state index in [9.17, 15) is 5.11 Å². The molecule has 1 heteroatoms. The lowest BCUT2D eigenvalue weighted by atomic mass is 9.72. The summed E-state index contributed by atoms with van der Waals surface area (Å²) < 4.78 is 0. The Labute approximate surface area is 170 Å². The predicted octanol–water partition coefficient (Wildman–Crippen LogP) is 8.45. The van der Waals surface area contributed by atoms with Gasteiger partial charge in [-0.1, -0.05) is 112 Å². The van der Waals surface area contributed by atoms with Gasteiger partial charge in [-0.05, 0) is 46.4 Å². The highest BCUT2D eigenvalue weighted by atomic mass is 16.3. The zero-order chi connectivity index (χ0) is 20.5. The molecule has 0 aliphatic heterocycles. The molecule has 0 unspecified atom stereocenters. The third-order valence-corrected chi connectivity index (χ3v) is 5.63. The molecule has 156 valence electrons. The maximum absolute atomic E-state index is 10.6. The first-order valence-electron chi connectivity index (χ1n) is 11.4. The van der Waals surface area contributed by atoms with E-state index in [0.717, 1.165) is 6.42 Å². The smallest absolute Gasteiger partial charge is 0.119 e. The number of hydrogen-bond donors (Lipinski definition) is 1. The van der Waals surface area contributed by atoms with Gasteiger partial charge in [-0.3, -0.25) is 0 Å².